The fraction of sp³-hybridized carbons (Fsp3) is 0.238. The lowest BCUT2D eigenvalue weighted by atomic mass is 10.0. The molecule has 2 atom stereocenters. The van der Waals surface area contributed by atoms with Gasteiger partial charge in [-0.1, -0.05) is 9.64 Å². The number of nitrogens with zero attached hydrogens (tertiary/aromatic N) is 6. The van der Waals surface area contributed by atoms with E-state index >= 15 is 0 Å². The summed E-state index contributed by atoms with van der Waals surface area (Å²) >= 11 is 4.88. The van der Waals surface area contributed by atoms with Gasteiger partial charge < -0.3 is 31.3 Å². The Morgan fingerprint density at radius 1 is 1.34 bits per heavy atom. The van der Waals surface area contributed by atoms with Crippen LogP contribution >= 0.6 is 46.4 Å². The minimum absolute atomic E-state index is 0.0417. The highest BCUT2D eigenvalue weighted by atomic mass is 32.2. The number of nitrogens with two attached hydrogens (primary N) is 1. The standard InChI is InChI=1S/C21H18N8O8S4/c22-21-24-10(7-40-21)14(26-37-4-9-1-11(30)12(31)3-28(9)36)17(32)25-15-18(33)29-16(20(34)35)8(6-39-19(15)29)5-38-13-2-23-27-41-13/h1-3,7,15,19,31,36H,4-6H2,(H2,22,24)(H,25,32)(H,34,35). The van der Waals surface area contributed by atoms with Crippen molar-refractivity contribution in [1.82, 2.24) is 29.5 Å². The molecule has 0 aliphatic carbocycles. The molecule has 2 amide bonds. The third-order valence-electron chi connectivity index (χ3n) is 5.70. The van der Waals surface area contributed by atoms with Crippen molar-refractivity contribution in [3.05, 3.63) is 56.7 Å². The summed E-state index contributed by atoms with van der Waals surface area (Å²) in [5, 5.41) is 40.1. The van der Waals surface area contributed by atoms with E-state index in [0.29, 0.717) is 21.8 Å². The number of nitrogen functional groups attached to an aromatic ring is 1. The number of aromatic hydroxyl groups is 1. The van der Waals surface area contributed by atoms with E-state index in [1.165, 1.54) is 40.4 Å². The van der Waals surface area contributed by atoms with Crippen molar-refractivity contribution in [3.8, 4) is 5.75 Å². The minimum atomic E-state index is -1.25. The predicted octanol–water partition coefficient (Wildman–Crippen LogP) is 0.133. The zero-order chi connectivity index (χ0) is 29.3. The molecule has 16 nitrogen and oxygen atoms in total. The van der Waals surface area contributed by atoms with E-state index in [2.05, 4.69) is 25.0 Å². The molecular weight excluding hydrogens is 621 g/mol. The van der Waals surface area contributed by atoms with Crippen molar-refractivity contribution in [2.45, 2.75) is 22.2 Å². The van der Waals surface area contributed by atoms with Crippen molar-refractivity contribution in [2.75, 3.05) is 17.2 Å². The van der Waals surface area contributed by atoms with Gasteiger partial charge in [-0.2, -0.15) is 4.73 Å². The first-order valence-corrected chi connectivity index (χ1v) is 15.0. The van der Waals surface area contributed by atoms with E-state index in [4.69, 9.17) is 10.6 Å². The number of aliphatic carboxylic acids is 1. The largest absolute Gasteiger partial charge is 0.503 e. The van der Waals surface area contributed by atoms with Gasteiger partial charge in [-0.15, -0.1) is 40.0 Å². The SMILES string of the molecule is Nc1nc(C(=NOCc2cc(=O)c(O)cn2O)C(=O)NC2C(=O)N3C(C(=O)O)=C(CSc4cnns4)CSC23)cs1. The summed E-state index contributed by atoms with van der Waals surface area (Å²) in [5.41, 5.74) is 4.98. The molecule has 214 valence electrons. The summed E-state index contributed by atoms with van der Waals surface area (Å²) in [6, 6.07) is -0.135. The molecule has 5 heterocycles. The Morgan fingerprint density at radius 2 is 2.15 bits per heavy atom. The van der Waals surface area contributed by atoms with Crippen LogP contribution in [0, 0.1) is 0 Å². The maximum Gasteiger partial charge on any atom is 0.352 e. The number of thioether (sulfide) groups is 2. The summed E-state index contributed by atoms with van der Waals surface area (Å²) in [5.74, 6) is -2.74. The number of thiazole rings is 1. The van der Waals surface area contributed by atoms with Gasteiger partial charge in [-0.25, -0.2) is 9.78 Å². The molecule has 2 aliphatic heterocycles. The number of rotatable bonds is 10. The Morgan fingerprint density at radius 3 is 2.83 bits per heavy atom. The monoisotopic (exact) mass is 638 g/mol. The number of carbonyl (C=O) groups is 3. The van der Waals surface area contributed by atoms with Crippen LogP contribution in [0.3, 0.4) is 0 Å². The van der Waals surface area contributed by atoms with Gasteiger partial charge in [0.05, 0.1) is 12.4 Å². The lowest BCUT2D eigenvalue weighted by Gasteiger charge is -2.49. The first-order valence-electron chi connectivity index (χ1n) is 11.3. The smallest absolute Gasteiger partial charge is 0.352 e. The highest BCUT2D eigenvalue weighted by Gasteiger charge is 2.54. The number of carboxylic acids is 1. The first kappa shape index (κ1) is 28.4. The topological polar surface area (TPSA) is 235 Å². The maximum absolute atomic E-state index is 13.2. The van der Waals surface area contributed by atoms with Crippen LogP contribution in [0.2, 0.25) is 0 Å². The molecule has 3 aromatic heterocycles. The lowest BCUT2D eigenvalue weighted by Crippen LogP contribution is -2.71. The van der Waals surface area contributed by atoms with Crippen LogP contribution in [0.25, 0.3) is 0 Å². The number of fused-ring (bicyclic) bond motifs is 1. The minimum Gasteiger partial charge on any atom is -0.503 e. The molecule has 1 fully saturated rings. The Balaban J connectivity index is 1.31. The fourth-order valence-electron chi connectivity index (χ4n) is 3.81. The van der Waals surface area contributed by atoms with Crippen molar-refractivity contribution in [3.63, 3.8) is 0 Å². The molecule has 41 heavy (non-hydrogen) atoms. The van der Waals surface area contributed by atoms with E-state index < -0.39 is 47.0 Å². The van der Waals surface area contributed by atoms with E-state index in [9.17, 15) is 34.6 Å². The van der Waals surface area contributed by atoms with Crippen molar-refractivity contribution in [2.24, 2.45) is 5.16 Å². The number of pyridine rings is 1. The van der Waals surface area contributed by atoms with Crippen LogP contribution in [0.15, 0.2) is 49.3 Å². The van der Waals surface area contributed by atoms with E-state index in [-0.39, 0.29) is 27.9 Å². The zero-order valence-corrected chi connectivity index (χ0v) is 23.6. The number of carbonyl (C=O) groups excluding carboxylic acids is 2. The molecular formula is C21H18N8O8S4. The number of amides is 2. The molecule has 20 heteroatoms. The number of aromatic nitrogens is 4. The zero-order valence-electron chi connectivity index (χ0n) is 20.4. The number of hydrogen-bond acceptors (Lipinski definition) is 16. The number of nitrogens with one attached hydrogen (secondary N) is 1. The molecule has 2 unspecified atom stereocenters. The second-order valence-corrected chi connectivity index (χ2v) is 12.3. The van der Waals surface area contributed by atoms with Crippen LogP contribution in [-0.4, -0.2) is 86.0 Å². The van der Waals surface area contributed by atoms with E-state index in [1.807, 2.05) is 0 Å². The van der Waals surface area contributed by atoms with Gasteiger partial charge in [0.25, 0.3) is 11.8 Å². The highest BCUT2D eigenvalue weighted by molar-refractivity contribution is 8.01. The Labute approximate surface area is 245 Å². The molecule has 0 saturated carbocycles. The van der Waals surface area contributed by atoms with E-state index in [1.54, 1.807) is 6.20 Å². The van der Waals surface area contributed by atoms with Gasteiger partial charge in [0.15, 0.2) is 23.2 Å². The molecule has 6 N–H and O–H groups in total. The number of anilines is 1. The first-order chi connectivity index (χ1) is 19.6. The maximum atomic E-state index is 13.2. The molecule has 0 spiro atoms. The molecule has 2 aliphatic rings. The van der Waals surface area contributed by atoms with Gasteiger partial charge in [-0.3, -0.25) is 19.3 Å². The normalized spacial score (nSPS) is 18.6. The predicted molar refractivity (Wildman–Crippen MR) is 148 cm³/mol. The van der Waals surface area contributed by atoms with Crippen LogP contribution in [0.1, 0.15) is 11.4 Å². The molecule has 0 bridgehead atoms. The summed E-state index contributed by atoms with van der Waals surface area (Å²) in [6.07, 6.45) is 2.34. The van der Waals surface area contributed by atoms with Gasteiger partial charge in [-0.05, 0) is 17.1 Å². The molecule has 3 aromatic rings. The van der Waals surface area contributed by atoms with Gasteiger partial charge in [0, 0.05) is 23.0 Å². The van der Waals surface area contributed by atoms with Crippen LogP contribution in [0.5, 0.6) is 5.75 Å². The van der Waals surface area contributed by atoms with Gasteiger partial charge in [0.1, 0.15) is 32.7 Å². The quantitative estimate of drug-likeness (QED) is 0.0653. The highest BCUT2D eigenvalue weighted by Crippen LogP contribution is 2.41. The van der Waals surface area contributed by atoms with Crippen molar-refractivity contribution in [1.29, 1.82) is 0 Å². The van der Waals surface area contributed by atoms with Gasteiger partial charge in [0.2, 0.25) is 5.43 Å². The number of β-lactam (4-membered cyclic amide) rings is 1. The second-order valence-electron chi connectivity index (χ2n) is 8.29. The fourth-order valence-corrected chi connectivity index (χ4v) is 7.27. The number of hydrogen-bond donors (Lipinski definition) is 5. The van der Waals surface area contributed by atoms with Crippen LogP contribution < -0.4 is 16.5 Å². The molecule has 0 radical (unpaired) electrons. The van der Waals surface area contributed by atoms with Crippen LogP contribution in [-0.2, 0) is 25.8 Å². The molecule has 1 saturated heterocycles. The second kappa shape index (κ2) is 11.8. The summed E-state index contributed by atoms with van der Waals surface area (Å²) in [4.78, 5) is 60.4. The van der Waals surface area contributed by atoms with Crippen LogP contribution in [0.4, 0.5) is 5.13 Å². The van der Waals surface area contributed by atoms with Crippen molar-refractivity contribution >= 4 is 75.0 Å². The number of oxime groups is 1. The average molecular weight is 639 g/mol. The van der Waals surface area contributed by atoms with Gasteiger partial charge >= 0.3 is 5.97 Å². The Kier molecular flexibility index (Phi) is 8.15. The average Bonchev–Trinajstić information content (AvgIpc) is 3.62. The molecule has 0 aromatic carbocycles. The lowest BCUT2D eigenvalue weighted by molar-refractivity contribution is -0.150. The summed E-state index contributed by atoms with van der Waals surface area (Å²) in [7, 11) is 0. The van der Waals surface area contributed by atoms with Crippen molar-refractivity contribution < 1.29 is 34.6 Å². The number of carboxylic acid groups (broad SMARTS) is 1. The Hall–Kier alpha value is -4.14. The molecule has 5 rings (SSSR count). The summed E-state index contributed by atoms with van der Waals surface area (Å²) < 4.78 is 5.04. The van der Waals surface area contributed by atoms with E-state index in [0.717, 1.165) is 32.7 Å². The third kappa shape index (κ3) is 5.85. The summed E-state index contributed by atoms with van der Waals surface area (Å²) in [6.45, 7) is -0.470. The Bertz CT molecular complexity index is 1640. The third-order valence-corrected chi connectivity index (χ3v) is 9.64.